The van der Waals surface area contributed by atoms with Crippen molar-refractivity contribution in [3.8, 4) is 0 Å². The van der Waals surface area contributed by atoms with Gasteiger partial charge in [0.05, 0.1) is 18.4 Å². The van der Waals surface area contributed by atoms with Crippen molar-refractivity contribution in [1.29, 1.82) is 0 Å². The minimum atomic E-state index is -0.245. The molecule has 134 valence electrons. The molecule has 0 atom stereocenters. The molecule has 1 aromatic heterocycles. The number of nitrogens with one attached hydrogen (secondary N) is 2. The smallest absolute Gasteiger partial charge is 0.243 e. The minimum Gasteiger partial charge on any atom is -0.384 e. The minimum absolute atomic E-state index is 0.00439. The number of nitrogens with two attached hydrogens (primary N) is 1. The Morgan fingerprint density at radius 2 is 1.72 bits per heavy atom. The summed E-state index contributed by atoms with van der Waals surface area (Å²) in [6.07, 6.45) is 9.82. The molecular formula is C19H26N4O2. The molecule has 4 fully saturated rings. The van der Waals surface area contributed by atoms with Crippen LogP contribution in [0.4, 0.5) is 11.5 Å². The molecule has 0 spiro atoms. The first kappa shape index (κ1) is 16.4. The molecule has 4 aliphatic rings. The Morgan fingerprint density at radius 1 is 1.08 bits per heavy atom. The first-order valence-electron chi connectivity index (χ1n) is 9.28. The van der Waals surface area contributed by atoms with E-state index < -0.39 is 0 Å². The van der Waals surface area contributed by atoms with Gasteiger partial charge in [0, 0.05) is 6.42 Å². The lowest BCUT2D eigenvalue weighted by Crippen LogP contribution is -2.48. The lowest BCUT2D eigenvalue weighted by atomic mass is 9.49. The molecule has 0 aliphatic heterocycles. The van der Waals surface area contributed by atoms with Crippen molar-refractivity contribution in [2.24, 2.45) is 23.2 Å². The monoisotopic (exact) mass is 342 g/mol. The number of carbonyl (C=O) groups is 2. The fourth-order valence-electron chi connectivity index (χ4n) is 5.77. The van der Waals surface area contributed by atoms with Crippen molar-refractivity contribution in [3.63, 3.8) is 0 Å². The number of anilines is 2. The molecule has 2 amide bonds. The van der Waals surface area contributed by atoms with E-state index in [1.807, 2.05) is 0 Å². The summed E-state index contributed by atoms with van der Waals surface area (Å²) >= 11 is 0. The van der Waals surface area contributed by atoms with Gasteiger partial charge in [-0.05, 0) is 73.8 Å². The Balaban J connectivity index is 1.26. The summed E-state index contributed by atoms with van der Waals surface area (Å²) in [7, 11) is 0. The maximum atomic E-state index is 12.4. The second-order valence-corrected chi connectivity index (χ2v) is 8.39. The highest BCUT2D eigenvalue weighted by Gasteiger charge is 2.51. The topological polar surface area (TPSA) is 97.1 Å². The molecule has 5 rings (SSSR count). The predicted molar refractivity (Wildman–Crippen MR) is 95.5 cm³/mol. The number of hydrogen-bond donors (Lipinski definition) is 3. The number of nitrogen functional groups attached to an aromatic ring is 1. The van der Waals surface area contributed by atoms with E-state index in [4.69, 9.17) is 5.73 Å². The van der Waals surface area contributed by atoms with E-state index in [0.717, 1.165) is 17.8 Å². The first-order chi connectivity index (χ1) is 12.0. The van der Waals surface area contributed by atoms with Crippen LogP contribution >= 0.6 is 0 Å². The predicted octanol–water partition coefficient (Wildman–Crippen LogP) is 2.32. The van der Waals surface area contributed by atoms with Crippen LogP contribution in [0.3, 0.4) is 0 Å². The van der Waals surface area contributed by atoms with Gasteiger partial charge in [0.2, 0.25) is 11.8 Å². The summed E-state index contributed by atoms with van der Waals surface area (Å²) in [6.45, 7) is -0.00439. The van der Waals surface area contributed by atoms with E-state index in [0.29, 0.717) is 17.9 Å². The molecule has 0 saturated heterocycles. The van der Waals surface area contributed by atoms with E-state index in [9.17, 15) is 9.59 Å². The van der Waals surface area contributed by atoms with Crippen LogP contribution in [-0.4, -0.2) is 23.3 Å². The van der Waals surface area contributed by atoms with Crippen LogP contribution in [-0.2, 0) is 9.59 Å². The highest BCUT2D eigenvalue weighted by atomic mass is 16.2. The Labute approximate surface area is 148 Å². The largest absolute Gasteiger partial charge is 0.384 e. The molecule has 1 aromatic rings. The molecule has 0 aromatic carbocycles. The van der Waals surface area contributed by atoms with Crippen LogP contribution in [0, 0.1) is 23.2 Å². The van der Waals surface area contributed by atoms with Gasteiger partial charge in [-0.25, -0.2) is 4.98 Å². The standard InChI is InChI=1S/C19H26N4O2/c20-16-2-1-15(10-21-16)23-18(25)11-22-17(24)9-19-6-12-3-13(7-19)5-14(4-12)8-19/h1-2,10,12-14H,3-9,11H2,(H2,20,21)(H,22,24)(H,23,25). The third-order valence-corrected chi connectivity index (χ3v) is 6.22. The maximum absolute atomic E-state index is 12.4. The first-order valence-corrected chi connectivity index (χ1v) is 9.28. The zero-order chi connectivity index (χ0) is 17.4. The van der Waals surface area contributed by atoms with Gasteiger partial charge in [0.15, 0.2) is 0 Å². The van der Waals surface area contributed by atoms with E-state index in [1.165, 1.54) is 44.7 Å². The van der Waals surface area contributed by atoms with Crippen LogP contribution in [0.5, 0.6) is 0 Å². The van der Waals surface area contributed by atoms with Gasteiger partial charge in [0.1, 0.15) is 5.82 Å². The Kier molecular flexibility index (Phi) is 4.13. The average molecular weight is 342 g/mol. The molecule has 0 unspecified atom stereocenters. The quantitative estimate of drug-likeness (QED) is 0.765. The van der Waals surface area contributed by atoms with Gasteiger partial charge in [-0.3, -0.25) is 9.59 Å². The lowest BCUT2D eigenvalue weighted by Gasteiger charge is -2.56. The third kappa shape index (κ3) is 3.62. The Bertz CT molecular complexity index is 635. The number of aromatic nitrogens is 1. The van der Waals surface area contributed by atoms with Gasteiger partial charge in [-0.2, -0.15) is 0 Å². The molecule has 0 radical (unpaired) electrons. The highest BCUT2D eigenvalue weighted by molar-refractivity contribution is 5.94. The fraction of sp³-hybridized carbons (Fsp3) is 0.632. The summed E-state index contributed by atoms with van der Waals surface area (Å²) in [4.78, 5) is 28.3. The number of pyridine rings is 1. The van der Waals surface area contributed by atoms with Gasteiger partial charge >= 0.3 is 0 Å². The molecule has 25 heavy (non-hydrogen) atoms. The van der Waals surface area contributed by atoms with E-state index in [1.54, 1.807) is 12.1 Å². The fourth-order valence-corrected chi connectivity index (χ4v) is 5.77. The van der Waals surface area contributed by atoms with Crippen LogP contribution in [0.2, 0.25) is 0 Å². The van der Waals surface area contributed by atoms with E-state index in [2.05, 4.69) is 15.6 Å². The summed E-state index contributed by atoms with van der Waals surface area (Å²) < 4.78 is 0. The van der Waals surface area contributed by atoms with Crippen LogP contribution in [0.1, 0.15) is 44.9 Å². The Hall–Kier alpha value is -2.11. The number of carbonyl (C=O) groups excluding carboxylic acids is 2. The maximum Gasteiger partial charge on any atom is 0.243 e. The van der Waals surface area contributed by atoms with E-state index >= 15 is 0 Å². The second kappa shape index (κ2) is 6.32. The number of hydrogen-bond acceptors (Lipinski definition) is 4. The van der Waals surface area contributed by atoms with E-state index in [-0.39, 0.29) is 23.8 Å². The van der Waals surface area contributed by atoms with Crippen LogP contribution in [0.25, 0.3) is 0 Å². The summed E-state index contributed by atoms with van der Waals surface area (Å²) in [5, 5.41) is 5.51. The van der Waals surface area contributed by atoms with Gasteiger partial charge in [0.25, 0.3) is 0 Å². The molecule has 4 bridgehead atoms. The van der Waals surface area contributed by atoms with Crippen LogP contribution < -0.4 is 16.4 Å². The second-order valence-electron chi connectivity index (χ2n) is 8.39. The van der Waals surface area contributed by atoms with Gasteiger partial charge < -0.3 is 16.4 Å². The molecule has 6 heteroatoms. The van der Waals surface area contributed by atoms with Crippen molar-refractivity contribution < 1.29 is 9.59 Å². The van der Waals surface area contributed by atoms with Crippen molar-refractivity contribution >= 4 is 23.3 Å². The highest BCUT2D eigenvalue weighted by Crippen LogP contribution is 2.61. The molecular weight excluding hydrogens is 316 g/mol. The normalized spacial score (nSPS) is 32.4. The average Bonchev–Trinajstić information content (AvgIpc) is 2.53. The molecule has 1 heterocycles. The van der Waals surface area contributed by atoms with Gasteiger partial charge in [-0.15, -0.1) is 0 Å². The zero-order valence-electron chi connectivity index (χ0n) is 14.5. The zero-order valence-corrected chi connectivity index (χ0v) is 14.5. The Morgan fingerprint density at radius 3 is 2.28 bits per heavy atom. The molecule has 4 aliphatic carbocycles. The van der Waals surface area contributed by atoms with Crippen molar-refractivity contribution in [1.82, 2.24) is 10.3 Å². The van der Waals surface area contributed by atoms with Crippen molar-refractivity contribution in [2.75, 3.05) is 17.6 Å². The number of rotatable bonds is 5. The van der Waals surface area contributed by atoms with Crippen molar-refractivity contribution in [2.45, 2.75) is 44.9 Å². The van der Waals surface area contributed by atoms with Crippen LogP contribution in [0.15, 0.2) is 18.3 Å². The SMILES string of the molecule is Nc1ccc(NC(=O)CNC(=O)CC23CC4CC(CC(C4)C2)C3)cn1. The third-order valence-electron chi connectivity index (χ3n) is 6.22. The number of amides is 2. The molecule has 6 nitrogen and oxygen atoms in total. The summed E-state index contributed by atoms with van der Waals surface area (Å²) in [5.74, 6) is 2.67. The van der Waals surface area contributed by atoms with Gasteiger partial charge in [-0.1, -0.05) is 0 Å². The molecule has 4 saturated carbocycles. The summed E-state index contributed by atoms with van der Waals surface area (Å²) in [6, 6.07) is 3.32. The number of nitrogens with zero attached hydrogens (tertiary/aromatic N) is 1. The molecule has 4 N–H and O–H groups in total. The summed E-state index contributed by atoms with van der Waals surface area (Å²) in [5.41, 5.74) is 6.30. The lowest BCUT2D eigenvalue weighted by molar-refractivity contribution is -0.131. The van der Waals surface area contributed by atoms with Crippen molar-refractivity contribution in [3.05, 3.63) is 18.3 Å².